The van der Waals surface area contributed by atoms with Crippen LogP contribution in [0.25, 0.3) is 0 Å². The second-order valence-electron chi connectivity index (χ2n) is 7.11. The lowest BCUT2D eigenvalue weighted by Crippen LogP contribution is -2.31. The number of hydrogen-bond acceptors (Lipinski definition) is 5. The van der Waals surface area contributed by atoms with E-state index in [0.29, 0.717) is 30.9 Å². The van der Waals surface area contributed by atoms with Gasteiger partial charge in [-0.05, 0) is 29.7 Å². The van der Waals surface area contributed by atoms with Crippen LogP contribution in [0.15, 0.2) is 73.1 Å². The van der Waals surface area contributed by atoms with Gasteiger partial charge in [0.15, 0.2) is 6.29 Å². The van der Waals surface area contributed by atoms with Gasteiger partial charge in [-0.1, -0.05) is 48.5 Å². The van der Waals surface area contributed by atoms with Crippen LogP contribution in [0.2, 0.25) is 0 Å². The maximum atomic E-state index is 12.1. The molecule has 150 valence electrons. The fraction of sp³-hybridized carbons (Fsp3) is 0.292. The van der Waals surface area contributed by atoms with Crippen molar-refractivity contribution in [1.29, 1.82) is 0 Å². The topological polar surface area (TPSA) is 60.8 Å². The van der Waals surface area contributed by atoms with Crippen LogP contribution in [0, 0.1) is 0 Å². The molecule has 1 unspecified atom stereocenters. The number of para-hydroxylation sites is 1. The summed E-state index contributed by atoms with van der Waals surface area (Å²) in [4.78, 5) is 4.09. The van der Waals surface area contributed by atoms with Gasteiger partial charge in [0.05, 0.1) is 25.9 Å². The first-order valence-corrected chi connectivity index (χ1v) is 9.80. The molecule has 0 aliphatic carbocycles. The van der Waals surface area contributed by atoms with Crippen molar-refractivity contribution in [2.75, 3.05) is 20.3 Å². The van der Waals surface area contributed by atoms with Gasteiger partial charge in [-0.3, -0.25) is 4.98 Å². The Labute approximate surface area is 170 Å². The zero-order chi connectivity index (χ0) is 20.1. The number of benzene rings is 2. The van der Waals surface area contributed by atoms with Crippen molar-refractivity contribution in [3.05, 3.63) is 95.3 Å². The standard InChI is InChI=1S/C24H25NO4/c1-27-22-20(23-28-15-6-16-29-23)9-5-10-21(22)24(26,19-7-3-2-4-8-19)17-18-11-13-25-14-12-18/h2-5,7-14,23,26H,6,15-17H2,1H3. The Kier molecular flexibility index (Phi) is 5.90. The van der Waals surface area contributed by atoms with Crippen LogP contribution in [0.1, 0.15) is 35.0 Å². The highest BCUT2D eigenvalue weighted by Crippen LogP contribution is 2.42. The number of nitrogens with zero attached hydrogens (tertiary/aromatic N) is 1. The summed E-state index contributed by atoms with van der Waals surface area (Å²) in [5.74, 6) is 0.583. The van der Waals surface area contributed by atoms with Crippen LogP contribution in [0.4, 0.5) is 0 Å². The third kappa shape index (κ3) is 4.03. The van der Waals surface area contributed by atoms with Crippen molar-refractivity contribution >= 4 is 0 Å². The van der Waals surface area contributed by atoms with E-state index in [0.717, 1.165) is 23.1 Å². The van der Waals surface area contributed by atoms with E-state index < -0.39 is 11.9 Å². The van der Waals surface area contributed by atoms with Gasteiger partial charge in [-0.2, -0.15) is 0 Å². The fourth-order valence-electron chi connectivity index (χ4n) is 3.82. The molecule has 29 heavy (non-hydrogen) atoms. The lowest BCUT2D eigenvalue weighted by molar-refractivity contribution is -0.183. The van der Waals surface area contributed by atoms with Crippen LogP contribution in [0.5, 0.6) is 5.75 Å². The highest BCUT2D eigenvalue weighted by molar-refractivity contribution is 5.50. The summed E-state index contributed by atoms with van der Waals surface area (Å²) in [6.07, 6.45) is 4.22. The number of aromatic nitrogens is 1. The number of pyridine rings is 1. The number of hydrogen-bond donors (Lipinski definition) is 1. The summed E-state index contributed by atoms with van der Waals surface area (Å²) in [5.41, 5.74) is 1.94. The zero-order valence-electron chi connectivity index (χ0n) is 16.5. The normalized spacial score (nSPS) is 16.9. The third-order valence-electron chi connectivity index (χ3n) is 5.24. The number of rotatable bonds is 6. The highest BCUT2D eigenvalue weighted by Gasteiger charge is 2.36. The van der Waals surface area contributed by atoms with Crippen LogP contribution < -0.4 is 4.74 Å². The maximum absolute atomic E-state index is 12.1. The van der Waals surface area contributed by atoms with E-state index in [1.165, 1.54) is 0 Å². The summed E-state index contributed by atoms with van der Waals surface area (Å²) < 4.78 is 17.4. The molecule has 3 aromatic rings. The summed E-state index contributed by atoms with van der Waals surface area (Å²) in [6.45, 7) is 1.27. The highest BCUT2D eigenvalue weighted by atomic mass is 16.7. The summed E-state index contributed by atoms with van der Waals surface area (Å²) in [5, 5.41) is 12.1. The van der Waals surface area contributed by atoms with E-state index in [4.69, 9.17) is 14.2 Å². The smallest absolute Gasteiger partial charge is 0.187 e. The van der Waals surface area contributed by atoms with Gasteiger partial charge in [-0.15, -0.1) is 0 Å². The molecule has 2 heterocycles. The zero-order valence-corrected chi connectivity index (χ0v) is 16.5. The van der Waals surface area contributed by atoms with Crippen molar-refractivity contribution in [2.24, 2.45) is 0 Å². The molecule has 4 rings (SSSR count). The largest absolute Gasteiger partial charge is 0.496 e. The van der Waals surface area contributed by atoms with Gasteiger partial charge in [0, 0.05) is 24.4 Å². The number of methoxy groups -OCH3 is 1. The molecular weight excluding hydrogens is 366 g/mol. The molecule has 1 aliphatic rings. The van der Waals surface area contributed by atoms with E-state index >= 15 is 0 Å². The SMILES string of the molecule is COc1c(C2OCCCO2)cccc1C(O)(Cc1ccncc1)c1ccccc1. The monoisotopic (exact) mass is 391 g/mol. The molecule has 1 aromatic heterocycles. The Hall–Kier alpha value is -2.73. The summed E-state index contributed by atoms with van der Waals surface area (Å²) in [6, 6.07) is 19.2. The minimum Gasteiger partial charge on any atom is -0.496 e. The Morgan fingerprint density at radius 3 is 2.41 bits per heavy atom. The first-order valence-electron chi connectivity index (χ1n) is 9.80. The van der Waals surface area contributed by atoms with E-state index in [1.54, 1.807) is 19.5 Å². The lowest BCUT2D eigenvalue weighted by Gasteiger charge is -2.33. The Bertz CT molecular complexity index is 926. The van der Waals surface area contributed by atoms with E-state index in [2.05, 4.69) is 4.98 Å². The first-order chi connectivity index (χ1) is 14.2. The molecule has 2 aromatic carbocycles. The van der Waals surface area contributed by atoms with Crippen molar-refractivity contribution in [2.45, 2.75) is 24.7 Å². The minimum atomic E-state index is -1.29. The summed E-state index contributed by atoms with van der Waals surface area (Å²) >= 11 is 0. The Morgan fingerprint density at radius 1 is 1.00 bits per heavy atom. The minimum absolute atomic E-state index is 0.381. The average Bonchev–Trinajstić information content (AvgIpc) is 2.80. The lowest BCUT2D eigenvalue weighted by atomic mass is 9.80. The quantitative estimate of drug-likeness (QED) is 0.688. The molecule has 0 radical (unpaired) electrons. The van der Waals surface area contributed by atoms with Crippen LogP contribution in [-0.4, -0.2) is 30.4 Å². The number of ether oxygens (including phenoxy) is 3. The fourth-order valence-corrected chi connectivity index (χ4v) is 3.82. The Morgan fingerprint density at radius 2 is 1.72 bits per heavy atom. The van der Waals surface area contributed by atoms with E-state index in [9.17, 15) is 5.11 Å². The molecule has 0 bridgehead atoms. The van der Waals surface area contributed by atoms with Crippen molar-refractivity contribution in [1.82, 2.24) is 4.98 Å². The van der Waals surface area contributed by atoms with Gasteiger partial charge < -0.3 is 19.3 Å². The maximum Gasteiger partial charge on any atom is 0.187 e. The molecule has 1 aliphatic heterocycles. The first kappa shape index (κ1) is 19.6. The molecule has 1 fully saturated rings. The van der Waals surface area contributed by atoms with Gasteiger partial charge in [-0.25, -0.2) is 0 Å². The second-order valence-corrected chi connectivity index (χ2v) is 7.11. The predicted octanol–water partition coefficient (Wildman–Crippen LogP) is 4.00. The van der Waals surface area contributed by atoms with Crippen LogP contribution in [0.3, 0.4) is 0 Å². The van der Waals surface area contributed by atoms with Crippen molar-refractivity contribution < 1.29 is 19.3 Å². The summed E-state index contributed by atoms with van der Waals surface area (Å²) in [7, 11) is 1.61. The molecular formula is C24H25NO4. The third-order valence-corrected chi connectivity index (χ3v) is 5.24. The predicted molar refractivity (Wildman–Crippen MR) is 110 cm³/mol. The van der Waals surface area contributed by atoms with E-state index in [-0.39, 0.29) is 0 Å². The van der Waals surface area contributed by atoms with Gasteiger partial charge in [0.1, 0.15) is 11.4 Å². The molecule has 5 heteroatoms. The van der Waals surface area contributed by atoms with Gasteiger partial charge >= 0.3 is 0 Å². The molecule has 0 amide bonds. The van der Waals surface area contributed by atoms with Gasteiger partial charge in [0.2, 0.25) is 0 Å². The average molecular weight is 391 g/mol. The molecule has 0 spiro atoms. The number of aliphatic hydroxyl groups is 1. The van der Waals surface area contributed by atoms with Gasteiger partial charge in [0.25, 0.3) is 0 Å². The van der Waals surface area contributed by atoms with Crippen LogP contribution in [-0.2, 0) is 21.5 Å². The second kappa shape index (κ2) is 8.74. The molecule has 1 saturated heterocycles. The van der Waals surface area contributed by atoms with E-state index in [1.807, 2.05) is 60.7 Å². The van der Waals surface area contributed by atoms with Crippen LogP contribution >= 0.6 is 0 Å². The van der Waals surface area contributed by atoms with Crippen molar-refractivity contribution in [3.63, 3.8) is 0 Å². The molecule has 1 N–H and O–H groups in total. The van der Waals surface area contributed by atoms with Crippen molar-refractivity contribution in [3.8, 4) is 5.75 Å². The molecule has 5 nitrogen and oxygen atoms in total. The Balaban J connectivity index is 1.84. The molecule has 1 atom stereocenters. The molecule has 0 saturated carbocycles.